The minimum absolute atomic E-state index is 0.122. The summed E-state index contributed by atoms with van der Waals surface area (Å²) in [7, 11) is 0. The third-order valence-electron chi connectivity index (χ3n) is 3.38. The molecule has 0 spiro atoms. The average molecular weight is 371 g/mol. The topological polar surface area (TPSA) is 55.1 Å². The van der Waals surface area contributed by atoms with Crippen LogP contribution in [0.1, 0.15) is 11.3 Å². The van der Waals surface area contributed by atoms with E-state index in [1.165, 1.54) is 6.26 Å². The molecule has 0 radical (unpaired) electrons. The first-order valence-corrected chi connectivity index (χ1v) is 7.97. The van der Waals surface area contributed by atoms with E-state index >= 15 is 0 Å². The van der Waals surface area contributed by atoms with Gasteiger partial charge >= 0.3 is 0 Å². The SMILES string of the molecule is Cc1cc(Br)ccc1NC(=O)Cc1coc(-c2ccccc2)n1. The molecule has 0 aliphatic heterocycles. The summed E-state index contributed by atoms with van der Waals surface area (Å²) >= 11 is 3.41. The average Bonchev–Trinajstić information content (AvgIpc) is 2.99. The van der Waals surface area contributed by atoms with Crippen LogP contribution >= 0.6 is 15.9 Å². The smallest absolute Gasteiger partial charge is 0.230 e. The number of aromatic nitrogens is 1. The van der Waals surface area contributed by atoms with Gasteiger partial charge in [-0.3, -0.25) is 4.79 Å². The van der Waals surface area contributed by atoms with E-state index in [9.17, 15) is 4.79 Å². The van der Waals surface area contributed by atoms with Gasteiger partial charge < -0.3 is 9.73 Å². The summed E-state index contributed by atoms with van der Waals surface area (Å²) in [6.07, 6.45) is 1.70. The molecule has 1 aromatic heterocycles. The van der Waals surface area contributed by atoms with E-state index in [0.717, 1.165) is 21.3 Å². The third-order valence-corrected chi connectivity index (χ3v) is 3.87. The standard InChI is InChI=1S/C18H15BrN2O2/c1-12-9-14(19)7-8-16(12)21-17(22)10-15-11-23-18(20-15)13-5-3-2-4-6-13/h2-9,11H,10H2,1H3,(H,21,22). The lowest BCUT2D eigenvalue weighted by atomic mass is 10.2. The van der Waals surface area contributed by atoms with Crippen LogP contribution in [-0.2, 0) is 11.2 Å². The summed E-state index contributed by atoms with van der Waals surface area (Å²) in [5.41, 5.74) is 3.29. The van der Waals surface area contributed by atoms with Crippen LogP contribution in [0.2, 0.25) is 0 Å². The molecule has 0 aliphatic carbocycles. The zero-order chi connectivity index (χ0) is 16.2. The predicted molar refractivity (Wildman–Crippen MR) is 93.2 cm³/mol. The Bertz CT molecular complexity index is 828. The molecule has 0 unspecified atom stereocenters. The highest BCUT2D eigenvalue weighted by molar-refractivity contribution is 9.10. The number of amides is 1. The van der Waals surface area contributed by atoms with Crippen molar-refractivity contribution in [2.45, 2.75) is 13.3 Å². The summed E-state index contributed by atoms with van der Waals surface area (Å²) in [4.78, 5) is 16.5. The molecule has 3 aromatic rings. The number of carbonyl (C=O) groups is 1. The van der Waals surface area contributed by atoms with Gasteiger partial charge in [0.2, 0.25) is 11.8 Å². The number of carbonyl (C=O) groups excluding carboxylic acids is 1. The largest absolute Gasteiger partial charge is 0.444 e. The molecule has 0 aliphatic rings. The highest BCUT2D eigenvalue weighted by Gasteiger charge is 2.11. The van der Waals surface area contributed by atoms with Crippen molar-refractivity contribution in [3.8, 4) is 11.5 Å². The zero-order valence-electron chi connectivity index (χ0n) is 12.5. The van der Waals surface area contributed by atoms with E-state index in [-0.39, 0.29) is 12.3 Å². The van der Waals surface area contributed by atoms with E-state index in [1.54, 1.807) is 0 Å². The van der Waals surface area contributed by atoms with Crippen LogP contribution in [0.3, 0.4) is 0 Å². The number of rotatable bonds is 4. The lowest BCUT2D eigenvalue weighted by Crippen LogP contribution is -2.15. The Morgan fingerprint density at radius 3 is 2.74 bits per heavy atom. The Labute approximate surface area is 142 Å². The van der Waals surface area contributed by atoms with Gasteiger partial charge in [-0.25, -0.2) is 4.98 Å². The molecule has 1 N–H and O–H groups in total. The quantitative estimate of drug-likeness (QED) is 0.730. The summed E-state index contributed by atoms with van der Waals surface area (Å²) in [5, 5.41) is 2.89. The maximum Gasteiger partial charge on any atom is 0.230 e. The first-order valence-electron chi connectivity index (χ1n) is 7.17. The fourth-order valence-corrected chi connectivity index (χ4v) is 2.70. The minimum Gasteiger partial charge on any atom is -0.444 e. The number of nitrogens with one attached hydrogen (secondary N) is 1. The molecule has 0 fully saturated rings. The van der Waals surface area contributed by atoms with Gasteiger partial charge in [0.25, 0.3) is 0 Å². The lowest BCUT2D eigenvalue weighted by Gasteiger charge is -2.07. The predicted octanol–water partition coefficient (Wildman–Crippen LogP) is 4.59. The van der Waals surface area contributed by atoms with Crippen LogP contribution in [0.4, 0.5) is 5.69 Å². The van der Waals surface area contributed by atoms with E-state index in [4.69, 9.17) is 4.42 Å². The number of aryl methyl sites for hydroxylation is 1. The number of oxazole rings is 1. The van der Waals surface area contributed by atoms with E-state index in [0.29, 0.717) is 11.6 Å². The van der Waals surface area contributed by atoms with Crippen molar-refractivity contribution < 1.29 is 9.21 Å². The van der Waals surface area contributed by atoms with Gasteiger partial charge in [0.15, 0.2) is 0 Å². The molecular weight excluding hydrogens is 356 g/mol. The van der Waals surface area contributed by atoms with Crippen LogP contribution < -0.4 is 5.32 Å². The number of nitrogens with zero attached hydrogens (tertiary/aromatic N) is 1. The first-order chi connectivity index (χ1) is 11.1. The second kappa shape index (κ2) is 6.79. The highest BCUT2D eigenvalue weighted by Crippen LogP contribution is 2.21. The van der Waals surface area contributed by atoms with Gasteiger partial charge in [0.1, 0.15) is 6.26 Å². The second-order valence-electron chi connectivity index (χ2n) is 5.19. The van der Waals surface area contributed by atoms with Gasteiger partial charge in [0.05, 0.1) is 12.1 Å². The van der Waals surface area contributed by atoms with Crippen molar-refractivity contribution in [1.82, 2.24) is 4.98 Å². The van der Waals surface area contributed by atoms with Crippen molar-refractivity contribution in [3.63, 3.8) is 0 Å². The zero-order valence-corrected chi connectivity index (χ0v) is 14.1. The molecule has 1 heterocycles. The summed E-state index contributed by atoms with van der Waals surface area (Å²) in [6.45, 7) is 1.95. The molecule has 3 rings (SSSR count). The Morgan fingerprint density at radius 1 is 1.22 bits per heavy atom. The number of hydrogen-bond donors (Lipinski definition) is 1. The fourth-order valence-electron chi connectivity index (χ4n) is 2.23. The maximum atomic E-state index is 12.2. The van der Waals surface area contributed by atoms with E-state index in [1.807, 2.05) is 55.5 Å². The molecule has 0 atom stereocenters. The molecule has 116 valence electrons. The van der Waals surface area contributed by atoms with Crippen LogP contribution in [0, 0.1) is 6.92 Å². The van der Waals surface area contributed by atoms with Crippen molar-refractivity contribution in [1.29, 1.82) is 0 Å². The highest BCUT2D eigenvalue weighted by atomic mass is 79.9. The van der Waals surface area contributed by atoms with Crippen LogP contribution in [0.15, 0.2) is 63.7 Å². The Balaban J connectivity index is 1.68. The molecule has 4 nitrogen and oxygen atoms in total. The van der Waals surface area contributed by atoms with E-state index < -0.39 is 0 Å². The number of halogens is 1. The lowest BCUT2D eigenvalue weighted by molar-refractivity contribution is -0.115. The molecule has 1 amide bonds. The monoisotopic (exact) mass is 370 g/mol. The van der Waals surface area contributed by atoms with Crippen molar-refractivity contribution in [2.75, 3.05) is 5.32 Å². The van der Waals surface area contributed by atoms with Gasteiger partial charge in [-0.1, -0.05) is 34.1 Å². The Hall–Kier alpha value is -2.40. The van der Waals surface area contributed by atoms with Gasteiger partial charge in [-0.05, 0) is 42.8 Å². The second-order valence-corrected chi connectivity index (χ2v) is 6.11. The van der Waals surface area contributed by atoms with Crippen molar-refractivity contribution in [3.05, 3.63) is 70.5 Å². The van der Waals surface area contributed by atoms with Crippen molar-refractivity contribution >= 4 is 27.5 Å². The number of benzene rings is 2. The number of anilines is 1. The molecular formula is C18H15BrN2O2. The normalized spacial score (nSPS) is 10.5. The van der Waals surface area contributed by atoms with Crippen molar-refractivity contribution in [2.24, 2.45) is 0 Å². The van der Waals surface area contributed by atoms with Gasteiger partial charge in [0, 0.05) is 15.7 Å². The minimum atomic E-state index is -0.122. The van der Waals surface area contributed by atoms with Crippen LogP contribution in [0.25, 0.3) is 11.5 Å². The molecule has 0 saturated heterocycles. The third kappa shape index (κ3) is 3.87. The van der Waals surface area contributed by atoms with E-state index in [2.05, 4.69) is 26.2 Å². The molecule has 5 heteroatoms. The summed E-state index contributed by atoms with van der Waals surface area (Å²) in [6, 6.07) is 15.3. The first kappa shape index (κ1) is 15.5. The van der Waals surface area contributed by atoms with Gasteiger partial charge in [-0.2, -0.15) is 0 Å². The maximum absolute atomic E-state index is 12.2. The molecule has 0 bridgehead atoms. The summed E-state index contributed by atoms with van der Waals surface area (Å²) in [5.74, 6) is 0.400. The van der Waals surface area contributed by atoms with Crippen LogP contribution in [0.5, 0.6) is 0 Å². The van der Waals surface area contributed by atoms with Crippen LogP contribution in [-0.4, -0.2) is 10.9 Å². The molecule has 2 aromatic carbocycles. The molecule has 0 saturated carbocycles. The van der Waals surface area contributed by atoms with Gasteiger partial charge in [-0.15, -0.1) is 0 Å². The Kier molecular flexibility index (Phi) is 4.57. The molecule has 23 heavy (non-hydrogen) atoms. The summed E-state index contributed by atoms with van der Waals surface area (Å²) < 4.78 is 6.43. The Morgan fingerprint density at radius 2 is 2.00 bits per heavy atom. The number of hydrogen-bond acceptors (Lipinski definition) is 3. The fraction of sp³-hybridized carbons (Fsp3) is 0.111.